The second-order valence-electron chi connectivity index (χ2n) is 6.28. The number of hydrogen-bond acceptors (Lipinski definition) is 5. The van der Waals surface area contributed by atoms with E-state index in [1.54, 1.807) is 0 Å². The standard InChI is InChI=1S/C18H13ClF4N4O3S/c1-31(29,30)11-4-5-14(13(20)8-11)25-26-17(28)15-3-2-6-27(15)16-12(19)7-10(9-24-16)18(21,22)23/h2-9,25H,1H3,(H,26,28). The molecule has 7 nitrogen and oxygen atoms in total. The molecule has 3 rings (SSSR count). The van der Waals surface area contributed by atoms with Gasteiger partial charge in [0.25, 0.3) is 5.91 Å². The molecule has 0 saturated carbocycles. The second kappa shape index (κ2) is 8.19. The molecule has 1 aromatic carbocycles. The number of aromatic nitrogens is 2. The Labute approximate surface area is 178 Å². The summed E-state index contributed by atoms with van der Waals surface area (Å²) in [5.41, 5.74) is 3.22. The first-order valence-corrected chi connectivity index (χ1v) is 10.6. The molecule has 1 amide bonds. The Balaban J connectivity index is 1.81. The van der Waals surface area contributed by atoms with Crippen LogP contribution >= 0.6 is 11.6 Å². The van der Waals surface area contributed by atoms with Crippen LogP contribution in [-0.2, 0) is 16.0 Å². The molecule has 2 N–H and O–H groups in total. The molecule has 31 heavy (non-hydrogen) atoms. The highest BCUT2D eigenvalue weighted by atomic mass is 35.5. The van der Waals surface area contributed by atoms with E-state index >= 15 is 0 Å². The molecule has 0 aliphatic carbocycles. The zero-order valence-electron chi connectivity index (χ0n) is 15.5. The number of hydrogen-bond donors (Lipinski definition) is 2. The van der Waals surface area contributed by atoms with Crippen molar-refractivity contribution in [2.24, 2.45) is 0 Å². The highest BCUT2D eigenvalue weighted by molar-refractivity contribution is 7.90. The van der Waals surface area contributed by atoms with Crippen LogP contribution < -0.4 is 10.9 Å². The number of rotatable bonds is 5. The average molecular weight is 477 g/mol. The number of anilines is 1. The fourth-order valence-electron chi connectivity index (χ4n) is 2.53. The molecule has 0 radical (unpaired) electrons. The van der Waals surface area contributed by atoms with E-state index in [1.807, 2.05) is 0 Å². The van der Waals surface area contributed by atoms with E-state index in [9.17, 15) is 30.8 Å². The summed E-state index contributed by atoms with van der Waals surface area (Å²) in [4.78, 5) is 15.9. The number of benzene rings is 1. The fourth-order valence-corrected chi connectivity index (χ4v) is 3.42. The Morgan fingerprint density at radius 1 is 1.19 bits per heavy atom. The molecule has 0 spiro atoms. The molecular formula is C18H13ClF4N4O3S. The summed E-state index contributed by atoms with van der Waals surface area (Å²) in [6.45, 7) is 0. The summed E-state index contributed by atoms with van der Waals surface area (Å²) >= 11 is 5.92. The van der Waals surface area contributed by atoms with E-state index in [1.165, 1.54) is 18.3 Å². The highest BCUT2D eigenvalue weighted by Crippen LogP contribution is 2.32. The first-order chi connectivity index (χ1) is 14.4. The lowest BCUT2D eigenvalue weighted by Gasteiger charge is -2.14. The predicted octanol–water partition coefficient (Wildman–Crippen LogP) is 3.84. The molecule has 0 unspecified atom stereocenters. The smallest absolute Gasteiger partial charge is 0.295 e. The van der Waals surface area contributed by atoms with Crippen LogP contribution in [0, 0.1) is 5.82 Å². The third kappa shape index (κ3) is 4.97. The van der Waals surface area contributed by atoms with Crippen molar-refractivity contribution >= 4 is 33.0 Å². The van der Waals surface area contributed by atoms with Gasteiger partial charge in [-0.05, 0) is 36.4 Å². The summed E-state index contributed by atoms with van der Waals surface area (Å²) in [6.07, 6.45) is -1.77. The van der Waals surface area contributed by atoms with Crippen LogP contribution in [0.4, 0.5) is 23.2 Å². The number of nitrogens with one attached hydrogen (secondary N) is 2. The van der Waals surface area contributed by atoms with Gasteiger partial charge in [0.05, 0.1) is 21.2 Å². The second-order valence-corrected chi connectivity index (χ2v) is 8.71. The van der Waals surface area contributed by atoms with Crippen LogP contribution in [0.1, 0.15) is 16.1 Å². The highest BCUT2D eigenvalue weighted by Gasteiger charge is 2.32. The number of nitrogens with zero attached hydrogens (tertiary/aromatic N) is 2. The van der Waals surface area contributed by atoms with Gasteiger partial charge in [0.1, 0.15) is 11.5 Å². The lowest BCUT2D eigenvalue weighted by Crippen LogP contribution is -2.31. The molecule has 3 aromatic rings. The van der Waals surface area contributed by atoms with Crippen LogP contribution in [0.3, 0.4) is 0 Å². The van der Waals surface area contributed by atoms with Crippen molar-refractivity contribution in [3.8, 4) is 5.82 Å². The van der Waals surface area contributed by atoms with Crippen molar-refractivity contribution in [2.75, 3.05) is 11.7 Å². The quantitative estimate of drug-likeness (QED) is 0.431. The third-order valence-corrected chi connectivity index (χ3v) is 5.43. The van der Waals surface area contributed by atoms with Gasteiger partial charge in [0, 0.05) is 18.6 Å². The van der Waals surface area contributed by atoms with Crippen LogP contribution in [0.5, 0.6) is 0 Å². The molecular weight excluding hydrogens is 464 g/mol. The first-order valence-electron chi connectivity index (χ1n) is 8.34. The molecule has 2 aromatic heterocycles. The van der Waals surface area contributed by atoms with Crippen molar-refractivity contribution in [2.45, 2.75) is 11.1 Å². The predicted molar refractivity (Wildman–Crippen MR) is 104 cm³/mol. The zero-order valence-corrected chi connectivity index (χ0v) is 17.1. The maximum Gasteiger partial charge on any atom is 0.417 e. The van der Waals surface area contributed by atoms with Gasteiger partial charge in [-0.1, -0.05) is 11.6 Å². The van der Waals surface area contributed by atoms with E-state index in [4.69, 9.17) is 11.6 Å². The summed E-state index contributed by atoms with van der Waals surface area (Å²) in [7, 11) is -3.61. The summed E-state index contributed by atoms with van der Waals surface area (Å²) < 4.78 is 76.5. The van der Waals surface area contributed by atoms with Gasteiger partial charge >= 0.3 is 6.18 Å². The lowest BCUT2D eigenvalue weighted by molar-refractivity contribution is -0.137. The Hall–Kier alpha value is -3.12. The van der Waals surface area contributed by atoms with Crippen molar-refractivity contribution in [1.82, 2.24) is 15.0 Å². The fraction of sp³-hybridized carbons (Fsp3) is 0.111. The normalized spacial score (nSPS) is 11.9. The van der Waals surface area contributed by atoms with E-state index in [-0.39, 0.29) is 27.1 Å². The Morgan fingerprint density at radius 3 is 2.48 bits per heavy atom. The van der Waals surface area contributed by atoms with E-state index < -0.39 is 33.3 Å². The van der Waals surface area contributed by atoms with Gasteiger partial charge in [0.2, 0.25) is 0 Å². The summed E-state index contributed by atoms with van der Waals surface area (Å²) in [5, 5.41) is -0.338. The molecule has 0 atom stereocenters. The number of sulfone groups is 1. The molecule has 0 aliphatic heterocycles. The van der Waals surface area contributed by atoms with Gasteiger partial charge in [-0.25, -0.2) is 17.8 Å². The number of halogens is 5. The van der Waals surface area contributed by atoms with Gasteiger partial charge in [-0.3, -0.25) is 20.2 Å². The number of amides is 1. The minimum absolute atomic E-state index is 0.0603. The third-order valence-electron chi connectivity index (χ3n) is 4.04. The minimum Gasteiger partial charge on any atom is -0.295 e. The average Bonchev–Trinajstić information content (AvgIpc) is 3.14. The maximum absolute atomic E-state index is 14.1. The van der Waals surface area contributed by atoms with Crippen molar-refractivity contribution < 1.29 is 30.8 Å². The maximum atomic E-state index is 14.1. The largest absolute Gasteiger partial charge is 0.417 e. The Morgan fingerprint density at radius 2 is 1.90 bits per heavy atom. The van der Waals surface area contributed by atoms with Gasteiger partial charge < -0.3 is 0 Å². The van der Waals surface area contributed by atoms with Crippen LogP contribution in [0.15, 0.2) is 53.7 Å². The SMILES string of the molecule is CS(=O)(=O)c1ccc(NNC(=O)c2cccn2-c2ncc(C(F)(F)F)cc2Cl)c(F)c1. The molecule has 0 fully saturated rings. The first kappa shape index (κ1) is 22.6. The molecule has 0 bridgehead atoms. The van der Waals surface area contributed by atoms with Gasteiger partial charge in [-0.15, -0.1) is 0 Å². The molecule has 0 aliphatic rings. The molecule has 2 heterocycles. The van der Waals surface area contributed by atoms with E-state index in [2.05, 4.69) is 15.8 Å². The van der Waals surface area contributed by atoms with Gasteiger partial charge in [0.15, 0.2) is 15.7 Å². The van der Waals surface area contributed by atoms with Crippen molar-refractivity contribution in [3.63, 3.8) is 0 Å². The van der Waals surface area contributed by atoms with Crippen LogP contribution in [0.2, 0.25) is 5.02 Å². The molecule has 13 heteroatoms. The number of hydrazine groups is 1. The minimum atomic E-state index is -4.63. The molecule has 0 saturated heterocycles. The number of alkyl halides is 3. The number of carbonyl (C=O) groups excluding carboxylic acids is 1. The van der Waals surface area contributed by atoms with Crippen LogP contribution in [0.25, 0.3) is 5.82 Å². The Kier molecular flexibility index (Phi) is 5.96. The Bertz CT molecular complexity index is 1260. The topological polar surface area (TPSA) is 93.1 Å². The lowest BCUT2D eigenvalue weighted by atomic mass is 10.2. The summed E-state index contributed by atoms with van der Waals surface area (Å²) in [6, 6.07) is 6.53. The monoisotopic (exact) mass is 476 g/mol. The van der Waals surface area contributed by atoms with Crippen molar-refractivity contribution in [3.05, 3.63) is 70.9 Å². The number of carbonyl (C=O) groups is 1. The molecule has 164 valence electrons. The van der Waals surface area contributed by atoms with E-state index in [0.29, 0.717) is 12.3 Å². The van der Waals surface area contributed by atoms with Crippen molar-refractivity contribution in [1.29, 1.82) is 0 Å². The zero-order chi connectivity index (χ0) is 23.0. The van der Waals surface area contributed by atoms with Gasteiger partial charge in [-0.2, -0.15) is 13.2 Å². The van der Waals surface area contributed by atoms with E-state index in [0.717, 1.165) is 29.0 Å². The summed E-state index contributed by atoms with van der Waals surface area (Å²) in [5.74, 6) is -1.83. The number of pyridine rings is 1. The van der Waals surface area contributed by atoms with Crippen LogP contribution in [-0.4, -0.2) is 30.1 Å².